The van der Waals surface area contributed by atoms with Gasteiger partial charge in [0, 0.05) is 11.8 Å². The summed E-state index contributed by atoms with van der Waals surface area (Å²) in [6.07, 6.45) is 3.05. The van der Waals surface area contributed by atoms with Gasteiger partial charge in [-0.05, 0) is 43.2 Å². The van der Waals surface area contributed by atoms with Crippen molar-refractivity contribution in [2.75, 3.05) is 5.32 Å². The average molecular weight is 293 g/mol. The van der Waals surface area contributed by atoms with Gasteiger partial charge in [-0.15, -0.1) is 0 Å². The van der Waals surface area contributed by atoms with Crippen LogP contribution in [0.25, 0.3) is 5.65 Å². The third-order valence-electron chi connectivity index (χ3n) is 3.50. The van der Waals surface area contributed by atoms with E-state index in [-0.39, 0.29) is 17.2 Å². The summed E-state index contributed by atoms with van der Waals surface area (Å²) >= 11 is 0. The quantitative estimate of drug-likeness (QED) is 0.790. The standard InChI is InChI=1S/C17H15N3O2/c1-11-7-8-20-15(9-11)18-10-14(17(20)22)19-16(21)13-6-4-3-5-12(13)2/h3-10H,1-2H3,(H,19,21). The van der Waals surface area contributed by atoms with Crippen LogP contribution in [0.4, 0.5) is 5.69 Å². The van der Waals surface area contributed by atoms with Crippen LogP contribution < -0.4 is 10.9 Å². The molecule has 22 heavy (non-hydrogen) atoms. The molecule has 2 heterocycles. The molecular weight excluding hydrogens is 278 g/mol. The van der Waals surface area contributed by atoms with Crippen LogP contribution in [0.1, 0.15) is 21.5 Å². The van der Waals surface area contributed by atoms with Gasteiger partial charge in [0.2, 0.25) is 0 Å². The molecule has 0 aliphatic carbocycles. The van der Waals surface area contributed by atoms with E-state index in [9.17, 15) is 9.59 Å². The Kier molecular flexibility index (Phi) is 3.47. The van der Waals surface area contributed by atoms with Crippen LogP contribution in [0.3, 0.4) is 0 Å². The highest BCUT2D eigenvalue weighted by atomic mass is 16.2. The fourth-order valence-corrected chi connectivity index (χ4v) is 2.28. The van der Waals surface area contributed by atoms with Crippen LogP contribution in [0, 0.1) is 13.8 Å². The maximum Gasteiger partial charge on any atom is 0.281 e. The van der Waals surface area contributed by atoms with Crippen molar-refractivity contribution in [2.45, 2.75) is 13.8 Å². The summed E-state index contributed by atoms with van der Waals surface area (Å²) in [5.74, 6) is -0.316. The zero-order valence-electron chi connectivity index (χ0n) is 12.3. The molecule has 5 nitrogen and oxygen atoms in total. The van der Waals surface area contributed by atoms with E-state index in [4.69, 9.17) is 0 Å². The van der Waals surface area contributed by atoms with E-state index in [1.807, 2.05) is 38.1 Å². The van der Waals surface area contributed by atoms with Gasteiger partial charge in [-0.25, -0.2) is 4.98 Å². The predicted octanol–water partition coefficient (Wildman–Crippen LogP) is 2.56. The van der Waals surface area contributed by atoms with Gasteiger partial charge in [0.25, 0.3) is 11.5 Å². The summed E-state index contributed by atoms with van der Waals surface area (Å²) in [5.41, 5.74) is 2.82. The number of rotatable bonds is 2. The summed E-state index contributed by atoms with van der Waals surface area (Å²) in [5, 5.41) is 2.64. The molecule has 1 N–H and O–H groups in total. The van der Waals surface area contributed by atoms with Crippen molar-refractivity contribution in [1.82, 2.24) is 9.38 Å². The molecule has 3 rings (SSSR count). The Labute approximate surface area is 127 Å². The second-order valence-corrected chi connectivity index (χ2v) is 5.18. The molecule has 0 aliphatic rings. The van der Waals surface area contributed by atoms with Gasteiger partial charge in [0.05, 0.1) is 6.20 Å². The third-order valence-corrected chi connectivity index (χ3v) is 3.50. The number of nitrogens with one attached hydrogen (secondary N) is 1. The molecule has 0 saturated carbocycles. The summed E-state index contributed by atoms with van der Waals surface area (Å²) in [6.45, 7) is 3.78. The van der Waals surface area contributed by atoms with Crippen molar-refractivity contribution in [3.63, 3.8) is 0 Å². The number of fused-ring (bicyclic) bond motifs is 1. The van der Waals surface area contributed by atoms with Gasteiger partial charge in [-0.2, -0.15) is 0 Å². The number of hydrogen-bond acceptors (Lipinski definition) is 3. The summed E-state index contributed by atoms with van der Waals surface area (Å²) < 4.78 is 1.42. The molecule has 0 saturated heterocycles. The van der Waals surface area contributed by atoms with Gasteiger partial charge in [-0.3, -0.25) is 14.0 Å². The minimum Gasteiger partial charge on any atom is -0.316 e. The Morgan fingerprint density at radius 1 is 1.18 bits per heavy atom. The number of nitrogens with zero attached hydrogens (tertiary/aromatic N) is 2. The number of amides is 1. The summed E-state index contributed by atoms with van der Waals surface area (Å²) in [6, 6.07) is 10.9. The maximum absolute atomic E-state index is 12.4. The smallest absolute Gasteiger partial charge is 0.281 e. The van der Waals surface area contributed by atoms with Crippen LogP contribution in [0.15, 0.2) is 53.6 Å². The van der Waals surface area contributed by atoms with Crippen molar-refractivity contribution in [1.29, 1.82) is 0 Å². The van der Waals surface area contributed by atoms with Crippen molar-refractivity contribution in [2.24, 2.45) is 0 Å². The number of aromatic nitrogens is 2. The first-order valence-electron chi connectivity index (χ1n) is 6.91. The Morgan fingerprint density at radius 3 is 2.73 bits per heavy atom. The molecule has 1 amide bonds. The summed E-state index contributed by atoms with van der Waals surface area (Å²) in [7, 11) is 0. The molecule has 0 atom stereocenters. The molecule has 3 aromatic rings. The Balaban J connectivity index is 2.00. The highest BCUT2D eigenvalue weighted by molar-refractivity contribution is 6.05. The molecule has 0 spiro atoms. The molecular formula is C17H15N3O2. The second kappa shape index (κ2) is 5.44. The molecule has 2 aromatic heterocycles. The van der Waals surface area contributed by atoms with Crippen molar-refractivity contribution in [3.8, 4) is 0 Å². The van der Waals surface area contributed by atoms with E-state index in [1.54, 1.807) is 18.3 Å². The van der Waals surface area contributed by atoms with Crippen molar-refractivity contribution < 1.29 is 4.79 Å². The molecule has 0 unspecified atom stereocenters. The highest BCUT2D eigenvalue weighted by Crippen LogP contribution is 2.10. The SMILES string of the molecule is Cc1ccn2c(=O)c(NC(=O)c3ccccc3C)cnc2c1. The van der Waals surface area contributed by atoms with Gasteiger partial charge in [-0.1, -0.05) is 18.2 Å². The molecule has 5 heteroatoms. The van der Waals surface area contributed by atoms with Crippen LogP contribution in [0.5, 0.6) is 0 Å². The minimum atomic E-state index is -0.316. The Bertz CT molecular complexity index is 929. The lowest BCUT2D eigenvalue weighted by molar-refractivity contribution is 0.102. The molecule has 0 radical (unpaired) electrons. The number of hydrogen-bond donors (Lipinski definition) is 1. The van der Waals surface area contributed by atoms with E-state index in [0.717, 1.165) is 11.1 Å². The van der Waals surface area contributed by atoms with Crippen LogP contribution in [-0.2, 0) is 0 Å². The fourth-order valence-electron chi connectivity index (χ4n) is 2.28. The van der Waals surface area contributed by atoms with Crippen LogP contribution in [0.2, 0.25) is 0 Å². The van der Waals surface area contributed by atoms with Crippen LogP contribution in [-0.4, -0.2) is 15.3 Å². The largest absolute Gasteiger partial charge is 0.316 e. The third kappa shape index (κ3) is 2.48. The lowest BCUT2D eigenvalue weighted by atomic mass is 10.1. The van der Waals surface area contributed by atoms with Gasteiger partial charge in [0.1, 0.15) is 11.3 Å². The number of carbonyl (C=O) groups excluding carboxylic acids is 1. The van der Waals surface area contributed by atoms with Gasteiger partial charge in [0.15, 0.2) is 0 Å². The van der Waals surface area contributed by atoms with Gasteiger partial charge < -0.3 is 5.32 Å². The second-order valence-electron chi connectivity index (χ2n) is 5.18. The number of aryl methyl sites for hydroxylation is 2. The maximum atomic E-state index is 12.4. The monoisotopic (exact) mass is 293 g/mol. The molecule has 0 fully saturated rings. The Morgan fingerprint density at radius 2 is 1.95 bits per heavy atom. The van der Waals surface area contributed by atoms with Gasteiger partial charge >= 0.3 is 0 Å². The molecule has 110 valence electrons. The van der Waals surface area contributed by atoms with E-state index in [0.29, 0.717) is 11.2 Å². The predicted molar refractivity (Wildman–Crippen MR) is 85.3 cm³/mol. The summed E-state index contributed by atoms with van der Waals surface area (Å²) in [4.78, 5) is 28.9. The Hall–Kier alpha value is -2.95. The zero-order valence-corrected chi connectivity index (χ0v) is 12.3. The zero-order chi connectivity index (χ0) is 15.7. The first-order chi connectivity index (χ1) is 10.6. The highest BCUT2D eigenvalue weighted by Gasteiger charge is 2.12. The minimum absolute atomic E-state index is 0.162. The number of carbonyl (C=O) groups is 1. The first-order valence-corrected chi connectivity index (χ1v) is 6.91. The lowest BCUT2D eigenvalue weighted by Gasteiger charge is -2.08. The normalized spacial score (nSPS) is 10.6. The topological polar surface area (TPSA) is 63.5 Å². The fraction of sp³-hybridized carbons (Fsp3) is 0.118. The molecule has 1 aromatic carbocycles. The van der Waals surface area contributed by atoms with E-state index < -0.39 is 0 Å². The van der Waals surface area contributed by atoms with E-state index >= 15 is 0 Å². The first kappa shape index (κ1) is 14.0. The van der Waals surface area contributed by atoms with E-state index in [2.05, 4.69) is 10.3 Å². The van der Waals surface area contributed by atoms with Crippen molar-refractivity contribution >= 4 is 17.2 Å². The molecule has 0 aliphatic heterocycles. The van der Waals surface area contributed by atoms with Crippen LogP contribution >= 0.6 is 0 Å². The number of anilines is 1. The average Bonchev–Trinajstić information content (AvgIpc) is 2.50. The molecule has 0 bridgehead atoms. The lowest BCUT2D eigenvalue weighted by Crippen LogP contribution is -2.23. The number of benzene rings is 1. The van der Waals surface area contributed by atoms with E-state index in [1.165, 1.54) is 10.6 Å². The number of pyridine rings is 1. The van der Waals surface area contributed by atoms with Crippen molar-refractivity contribution in [3.05, 3.63) is 75.8 Å².